The summed E-state index contributed by atoms with van der Waals surface area (Å²) in [6.07, 6.45) is 7.38. The van der Waals surface area contributed by atoms with E-state index >= 15 is 0 Å². The van der Waals surface area contributed by atoms with Crippen molar-refractivity contribution in [2.24, 2.45) is 23.7 Å². The van der Waals surface area contributed by atoms with Crippen LogP contribution in [0.1, 0.15) is 43.4 Å². The van der Waals surface area contributed by atoms with E-state index in [1.807, 2.05) is 0 Å². The molecule has 0 unspecified atom stereocenters. The molecule has 0 spiro atoms. The summed E-state index contributed by atoms with van der Waals surface area (Å²) >= 11 is 3.53. The summed E-state index contributed by atoms with van der Waals surface area (Å²) in [4.78, 5) is 0. The van der Waals surface area contributed by atoms with Crippen LogP contribution in [0.2, 0.25) is 0 Å². The summed E-state index contributed by atoms with van der Waals surface area (Å²) in [6.45, 7) is 3.00. The second-order valence-electron chi connectivity index (χ2n) is 8.56. The first-order chi connectivity index (χ1) is 12.2. The van der Waals surface area contributed by atoms with Gasteiger partial charge in [-0.05, 0) is 98.6 Å². The molecule has 0 radical (unpaired) electrons. The van der Waals surface area contributed by atoms with Crippen LogP contribution < -0.4 is 5.32 Å². The molecule has 0 amide bonds. The molecule has 0 atom stereocenters. The first-order valence-corrected chi connectivity index (χ1v) is 10.5. The molecular formula is C22H26BrNO. The van der Waals surface area contributed by atoms with Gasteiger partial charge in [0.2, 0.25) is 0 Å². The number of hydrogen-bond acceptors (Lipinski definition) is 2. The van der Waals surface area contributed by atoms with Crippen molar-refractivity contribution in [1.82, 2.24) is 5.32 Å². The monoisotopic (exact) mass is 399 g/mol. The van der Waals surface area contributed by atoms with Crippen LogP contribution in [-0.2, 0) is 6.54 Å². The first-order valence-electron chi connectivity index (χ1n) is 9.74. The van der Waals surface area contributed by atoms with Crippen LogP contribution in [0.5, 0.6) is 0 Å². The summed E-state index contributed by atoms with van der Waals surface area (Å²) < 4.78 is 7.27. The van der Waals surface area contributed by atoms with E-state index in [1.165, 1.54) is 43.2 Å². The van der Waals surface area contributed by atoms with Gasteiger partial charge in [-0.25, -0.2) is 0 Å². The molecule has 2 aromatic rings. The van der Waals surface area contributed by atoms with Crippen molar-refractivity contribution in [3.05, 3.63) is 46.1 Å². The summed E-state index contributed by atoms with van der Waals surface area (Å²) in [7, 11) is 0. The van der Waals surface area contributed by atoms with Crippen molar-refractivity contribution in [1.29, 1.82) is 0 Å². The number of aryl methyl sites for hydroxylation is 1. The standard InChI is InChI=1S/C22H26BrNO/c1-13-6-18(23)2-4-20(13)21-5-3-19(25-21)12-24-22-16-8-14-7-15(10-16)11-17(22)9-14/h2-6,14-17,22,24H,7-12H2,1H3. The van der Waals surface area contributed by atoms with Gasteiger partial charge < -0.3 is 9.73 Å². The lowest BCUT2D eigenvalue weighted by molar-refractivity contribution is -0.0147. The predicted molar refractivity (Wildman–Crippen MR) is 104 cm³/mol. The Morgan fingerprint density at radius 3 is 2.40 bits per heavy atom. The van der Waals surface area contributed by atoms with E-state index in [4.69, 9.17) is 4.42 Å². The summed E-state index contributed by atoms with van der Waals surface area (Å²) in [6, 6.07) is 11.3. The maximum absolute atomic E-state index is 6.16. The van der Waals surface area contributed by atoms with Crippen LogP contribution >= 0.6 is 15.9 Å². The highest BCUT2D eigenvalue weighted by Gasteiger charge is 2.47. The molecule has 1 aromatic heterocycles. The third kappa shape index (κ3) is 3.00. The second-order valence-corrected chi connectivity index (χ2v) is 9.48. The molecule has 4 saturated carbocycles. The van der Waals surface area contributed by atoms with Crippen LogP contribution in [0, 0.1) is 30.6 Å². The number of furan rings is 1. The van der Waals surface area contributed by atoms with E-state index in [2.05, 4.69) is 58.5 Å². The molecule has 0 saturated heterocycles. The minimum absolute atomic E-state index is 0.718. The Kier molecular flexibility index (Phi) is 4.05. The number of nitrogens with one attached hydrogen (secondary N) is 1. The van der Waals surface area contributed by atoms with Crippen molar-refractivity contribution >= 4 is 15.9 Å². The Labute approximate surface area is 158 Å². The van der Waals surface area contributed by atoms with Crippen molar-refractivity contribution in [2.45, 2.75) is 51.6 Å². The maximum Gasteiger partial charge on any atom is 0.134 e. The van der Waals surface area contributed by atoms with Gasteiger partial charge in [-0.15, -0.1) is 0 Å². The molecule has 0 aliphatic heterocycles. The highest BCUT2D eigenvalue weighted by atomic mass is 79.9. The van der Waals surface area contributed by atoms with Gasteiger partial charge in [0.1, 0.15) is 11.5 Å². The fraction of sp³-hybridized carbons (Fsp3) is 0.545. The molecule has 1 heterocycles. The lowest BCUT2D eigenvalue weighted by Gasteiger charge is -2.54. The zero-order valence-electron chi connectivity index (χ0n) is 14.8. The predicted octanol–water partition coefficient (Wildman–Crippen LogP) is 5.93. The van der Waals surface area contributed by atoms with E-state index in [9.17, 15) is 0 Å². The van der Waals surface area contributed by atoms with Crippen LogP contribution in [0.15, 0.2) is 39.2 Å². The van der Waals surface area contributed by atoms with E-state index in [0.717, 1.165) is 52.3 Å². The van der Waals surface area contributed by atoms with Crippen molar-refractivity contribution < 1.29 is 4.42 Å². The van der Waals surface area contributed by atoms with Gasteiger partial charge in [0, 0.05) is 16.1 Å². The number of benzene rings is 1. The lowest BCUT2D eigenvalue weighted by atomic mass is 9.54. The third-order valence-electron chi connectivity index (χ3n) is 6.85. The van der Waals surface area contributed by atoms with Gasteiger partial charge in [0.05, 0.1) is 6.54 Å². The molecule has 6 rings (SSSR count). The molecule has 1 aromatic carbocycles. The molecule has 4 aliphatic rings. The van der Waals surface area contributed by atoms with Crippen molar-refractivity contribution in [2.75, 3.05) is 0 Å². The Morgan fingerprint density at radius 2 is 1.72 bits per heavy atom. The highest BCUT2D eigenvalue weighted by molar-refractivity contribution is 9.10. The van der Waals surface area contributed by atoms with E-state index in [-0.39, 0.29) is 0 Å². The van der Waals surface area contributed by atoms with Crippen LogP contribution in [0.3, 0.4) is 0 Å². The Bertz CT molecular complexity index is 752. The molecule has 2 nitrogen and oxygen atoms in total. The Balaban J connectivity index is 1.27. The van der Waals surface area contributed by atoms with Gasteiger partial charge in [-0.3, -0.25) is 0 Å². The molecule has 4 bridgehead atoms. The van der Waals surface area contributed by atoms with Crippen molar-refractivity contribution in [3.63, 3.8) is 0 Å². The van der Waals surface area contributed by atoms with Crippen molar-refractivity contribution in [3.8, 4) is 11.3 Å². The normalized spacial score (nSPS) is 33.1. The summed E-state index contributed by atoms with van der Waals surface area (Å²) in [5.74, 6) is 5.95. The first kappa shape index (κ1) is 16.1. The molecule has 3 heteroatoms. The number of halogens is 1. The van der Waals surface area contributed by atoms with Gasteiger partial charge in [0.25, 0.3) is 0 Å². The minimum atomic E-state index is 0.718. The average Bonchev–Trinajstić information content (AvgIpc) is 3.02. The molecule has 4 aliphatic carbocycles. The number of rotatable bonds is 4. The molecular weight excluding hydrogens is 374 g/mol. The zero-order chi connectivity index (χ0) is 17.0. The van der Waals surface area contributed by atoms with E-state index in [0.29, 0.717) is 0 Å². The smallest absolute Gasteiger partial charge is 0.134 e. The fourth-order valence-corrected chi connectivity index (χ4v) is 6.47. The number of hydrogen-bond donors (Lipinski definition) is 1. The Morgan fingerprint density at radius 1 is 1.00 bits per heavy atom. The van der Waals surface area contributed by atoms with Crippen LogP contribution in [0.25, 0.3) is 11.3 Å². The average molecular weight is 400 g/mol. The van der Waals surface area contributed by atoms with E-state index in [1.54, 1.807) is 0 Å². The van der Waals surface area contributed by atoms with Crippen LogP contribution in [-0.4, -0.2) is 6.04 Å². The van der Waals surface area contributed by atoms with Crippen LogP contribution in [0.4, 0.5) is 0 Å². The summed E-state index contributed by atoms with van der Waals surface area (Å²) in [5, 5.41) is 3.87. The molecule has 25 heavy (non-hydrogen) atoms. The highest BCUT2D eigenvalue weighted by Crippen LogP contribution is 2.53. The molecule has 4 fully saturated rings. The second kappa shape index (κ2) is 6.28. The van der Waals surface area contributed by atoms with Gasteiger partial charge in [-0.2, -0.15) is 0 Å². The minimum Gasteiger partial charge on any atom is -0.460 e. The largest absolute Gasteiger partial charge is 0.460 e. The van der Waals surface area contributed by atoms with Gasteiger partial charge in [0.15, 0.2) is 0 Å². The van der Waals surface area contributed by atoms with Gasteiger partial charge in [-0.1, -0.05) is 15.9 Å². The third-order valence-corrected chi connectivity index (χ3v) is 7.35. The zero-order valence-corrected chi connectivity index (χ0v) is 16.4. The lowest BCUT2D eigenvalue weighted by Crippen LogP contribution is -2.54. The van der Waals surface area contributed by atoms with Gasteiger partial charge >= 0.3 is 0 Å². The quantitative estimate of drug-likeness (QED) is 0.688. The van der Waals surface area contributed by atoms with E-state index < -0.39 is 0 Å². The molecule has 132 valence electrons. The topological polar surface area (TPSA) is 25.2 Å². The fourth-order valence-electron chi connectivity index (χ4n) is 6.00. The summed E-state index contributed by atoms with van der Waals surface area (Å²) in [5.41, 5.74) is 2.42. The SMILES string of the molecule is Cc1cc(Br)ccc1-c1ccc(CNC2C3CC4CC(C3)CC2C4)o1. The maximum atomic E-state index is 6.16. The Hall–Kier alpha value is -1.06. The molecule has 1 N–H and O–H groups in total.